The van der Waals surface area contributed by atoms with Crippen molar-refractivity contribution in [2.24, 2.45) is 0 Å². The van der Waals surface area contributed by atoms with Gasteiger partial charge in [-0.05, 0) is 24.3 Å². The van der Waals surface area contributed by atoms with Crippen molar-refractivity contribution in [2.75, 3.05) is 24.0 Å². The topological polar surface area (TPSA) is 56.8 Å². The van der Waals surface area contributed by atoms with Crippen LogP contribution >= 0.6 is 0 Å². The Bertz CT molecular complexity index is 812. The largest absolute Gasteiger partial charge is 0.350 e. The molecule has 0 spiro atoms. The highest BCUT2D eigenvalue weighted by Gasteiger charge is 2.37. The SMILES string of the molecule is CN1C(=O)N(C(=O)c2ccc(F)cc2F)c2cccnc2N1C. The van der Waals surface area contributed by atoms with E-state index in [0.29, 0.717) is 11.9 Å². The molecule has 0 unspecified atom stereocenters. The van der Waals surface area contributed by atoms with Gasteiger partial charge in [0.1, 0.15) is 11.6 Å². The van der Waals surface area contributed by atoms with Gasteiger partial charge in [-0.3, -0.25) is 9.80 Å². The van der Waals surface area contributed by atoms with Gasteiger partial charge in [-0.2, -0.15) is 0 Å². The fourth-order valence-corrected chi connectivity index (χ4v) is 2.31. The number of aromatic nitrogens is 1. The third-order valence-corrected chi connectivity index (χ3v) is 3.60. The van der Waals surface area contributed by atoms with Gasteiger partial charge in [-0.1, -0.05) is 0 Å². The molecule has 23 heavy (non-hydrogen) atoms. The van der Waals surface area contributed by atoms with Crippen molar-refractivity contribution in [3.05, 3.63) is 53.7 Å². The van der Waals surface area contributed by atoms with Crippen LogP contribution < -0.4 is 9.91 Å². The van der Waals surface area contributed by atoms with Crippen LogP contribution in [0.4, 0.5) is 25.1 Å². The average molecular weight is 318 g/mol. The van der Waals surface area contributed by atoms with Crippen molar-refractivity contribution >= 4 is 23.4 Å². The number of benzene rings is 1. The molecule has 1 aromatic heterocycles. The summed E-state index contributed by atoms with van der Waals surface area (Å²) >= 11 is 0. The van der Waals surface area contributed by atoms with E-state index in [0.717, 1.165) is 17.0 Å². The Morgan fingerprint density at radius 2 is 1.87 bits per heavy atom. The van der Waals surface area contributed by atoms with E-state index in [9.17, 15) is 18.4 Å². The quantitative estimate of drug-likeness (QED) is 0.810. The van der Waals surface area contributed by atoms with Crippen LogP contribution in [0.1, 0.15) is 10.4 Å². The number of fused-ring (bicyclic) bond motifs is 1. The number of anilines is 2. The minimum Gasteiger partial charge on any atom is -0.268 e. The summed E-state index contributed by atoms with van der Waals surface area (Å²) in [6.45, 7) is 0. The lowest BCUT2D eigenvalue weighted by molar-refractivity contribution is 0.0980. The molecule has 1 aliphatic rings. The van der Waals surface area contributed by atoms with Crippen LogP contribution in [0.3, 0.4) is 0 Å². The number of carbonyl (C=O) groups is 2. The Morgan fingerprint density at radius 1 is 1.13 bits per heavy atom. The number of amides is 3. The van der Waals surface area contributed by atoms with Crippen molar-refractivity contribution in [3.8, 4) is 0 Å². The maximum absolute atomic E-state index is 13.9. The van der Waals surface area contributed by atoms with Gasteiger partial charge < -0.3 is 0 Å². The van der Waals surface area contributed by atoms with E-state index in [2.05, 4.69) is 4.98 Å². The van der Waals surface area contributed by atoms with Crippen LogP contribution in [-0.2, 0) is 0 Å². The van der Waals surface area contributed by atoms with Gasteiger partial charge in [0.25, 0.3) is 5.91 Å². The number of carbonyl (C=O) groups excluding carboxylic acids is 2. The second-order valence-corrected chi connectivity index (χ2v) is 4.94. The molecule has 6 nitrogen and oxygen atoms in total. The third-order valence-electron chi connectivity index (χ3n) is 3.60. The zero-order valence-electron chi connectivity index (χ0n) is 12.3. The van der Waals surface area contributed by atoms with E-state index in [1.165, 1.54) is 29.3 Å². The summed E-state index contributed by atoms with van der Waals surface area (Å²) in [5.74, 6) is -2.36. The van der Waals surface area contributed by atoms with Crippen molar-refractivity contribution in [1.82, 2.24) is 9.99 Å². The highest BCUT2D eigenvalue weighted by atomic mass is 19.1. The van der Waals surface area contributed by atoms with Gasteiger partial charge in [0.05, 0.1) is 11.3 Å². The van der Waals surface area contributed by atoms with E-state index in [1.807, 2.05) is 0 Å². The number of halogens is 2. The van der Waals surface area contributed by atoms with Gasteiger partial charge in [-0.25, -0.2) is 28.5 Å². The maximum atomic E-state index is 13.9. The molecule has 0 saturated heterocycles. The van der Waals surface area contributed by atoms with Crippen molar-refractivity contribution in [2.45, 2.75) is 0 Å². The van der Waals surface area contributed by atoms with Crippen LogP contribution in [-0.4, -0.2) is 36.0 Å². The third kappa shape index (κ3) is 2.28. The predicted octanol–water partition coefficient (Wildman–Crippen LogP) is 2.42. The Balaban J connectivity index is 2.12. The number of hydrogen-bond acceptors (Lipinski definition) is 4. The van der Waals surface area contributed by atoms with Gasteiger partial charge in [0.2, 0.25) is 0 Å². The lowest BCUT2D eigenvalue weighted by Gasteiger charge is -2.39. The average Bonchev–Trinajstić information content (AvgIpc) is 2.53. The van der Waals surface area contributed by atoms with Crippen molar-refractivity contribution in [1.29, 1.82) is 0 Å². The first-order chi connectivity index (χ1) is 10.9. The molecule has 1 aromatic carbocycles. The van der Waals surface area contributed by atoms with Crippen molar-refractivity contribution < 1.29 is 18.4 Å². The zero-order valence-corrected chi connectivity index (χ0v) is 12.3. The molecule has 0 N–H and O–H groups in total. The number of imide groups is 1. The normalized spacial score (nSPS) is 14.1. The molecule has 0 atom stereocenters. The summed E-state index contributed by atoms with van der Waals surface area (Å²) in [6, 6.07) is 5.00. The fourth-order valence-electron chi connectivity index (χ4n) is 2.31. The van der Waals surface area contributed by atoms with Gasteiger partial charge in [0, 0.05) is 26.4 Å². The van der Waals surface area contributed by atoms with E-state index < -0.39 is 29.1 Å². The molecule has 1 aliphatic heterocycles. The number of hydrogen-bond donors (Lipinski definition) is 0. The van der Waals surface area contributed by atoms with Crippen LogP contribution in [0.2, 0.25) is 0 Å². The summed E-state index contributed by atoms with van der Waals surface area (Å²) in [7, 11) is 3.07. The Hall–Kier alpha value is -3.03. The Morgan fingerprint density at radius 3 is 2.57 bits per heavy atom. The van der Waals surface area contributed by atoms with Crippen LogP contribution in [0.15, 0.2) is 36.5 Å². The smallest absolute Gasteiger partial charge is 0.268 e. The van der Waals surface area contributed by atoms with Gasteiger partial charge in [0.15, 0.2) is 5.82 Å². The molecule has 118 valence electrons. The first-order valence-electron chi connectivity index (χ1n) is 6.67. The molecule has 0 saturated carbocycles. The molecule has 3 rings (SSSR count). The molecule has 2 aromatic rings. The second-order valence-electron chi connectivity index (χ2n) is 4.94. The standard InChI is InChI=1S/C15H12F2N4O2/c1-19-13-12(4-3-7-18-13)21(15(23)20(19)2)14(22)10-6-5-9(16)8-11(10)17/h3-8H,1-2H3. The highest BCUT2D eigenvalue weighted by molar-refractivity contribution is 6.23. The first-order valence-corrected chi connectivity index (χ1v) is 6.67. The van der Waals surface area contributed by atoms with E-state index in [4.69, 9.17) is 0 Å². The number of urea groups is 1. The molecule has 8 heteroatoms. The van der Waals surface area contributed by atoms with E-state index in [1.54, 1.807) is 13.1 Å². The molecule has 0 bridgehead atoms. The highest BCUT2D eigenvalue weighted by Crippen LogP contribution is 2.33. The first kappa shape index (κ1) is 14.9. The summed E-state index contributed by atoms with van der Waals surface area (Å²) in [6.07, 6.45) is 1.51. The van der Waals surface area contributed by atoms with Crippen LogP contribution in [0.5, 0.6) is 0 Å². The van der Waals surface area contributed by atoms with Crippen molar-refractivity contribution in [3.63, 3.8) is 0 Å². The predicted molar refractivity (Wildman–Crippen MR) is 79.0 cm³/mol. The van der Waals surface area contributed by atoms with E-state index in [-0.39, 0.29) is 5.69 Å². The zero-order chi connectivity index (χ0) is 16.7. The second kappa shape index (κ2) is 5.31. The van der Waals surface area contributed by atoms with Crippen LogP contribution in [0.25, 0.3) is 0 Å². The Kier molecular flexibility index (Phi) is 3.44. The molecule has 0 fully saturated rings. The summed E-state index contributed by atoms with van der Waals surface area (Å²) < 4.78 is 26.9. The molecular weight excluding hydrogens is 306 g/mol. The molecule has 2 heterocycles. The van der Waals surface area contributed by atoms with Gasteiger partial charge >= 0.3 is 6.03 Å². The minimum absolute atomic E-state index is 0.229. The number of rotatable bonds is 1. The number of hydrazine groups is 1. The molecular formula is C15H12F2N4O2. The fraction of sp³-hybridized carbons (Fsp3) is 0.133. The molecule has 0 aliphatic carbocycles. The van der Waals surface area contributed by atoms with Gasteiger partial charge in [-0.15, -0.1) is 0 Å². The maximum Gasteiger partial charge on any atom is 0.350 e. The summed E-state index contributed by atoms with van der Waals surface area (Å²) in [5, 5.41) is 2.65. The summed E-state index contributed by atoms with van der Waals surface area (Å²) in [4.78, 5) is 30.0. The number of nitrogens with zero attached hydrogens (tertiary/aromatic N) is 4. The minimum atomic E-state index is -1.03. The monoisotopic (exact) mass is 318 g/mol. The lowest BCUT2D eigenvalue weighted by atomic mass is 10.1. The van der Waals surface area contributed by atoms with Crippen LogP contribution in [0, 0.1) is 11.6 Å². The Labute approximate surface area is 130 Å². The lowest BCUT2D eigenvalue weighted by Crippen LogP contribution is -2.55. The summed E-state index contributed by atoms with van der Waals surface area (Å²) in [5.41, 5.74) is -0.167. The molecule has 0 radical (unpaired) electrons. The molecule has 3 amide bonds. The number of pyridine rings is 1. The van der Waals surface area contributed by atoms with E-state index >= 15 is 0 Å².